The first kappa shape index (κ1) is 20.7. The Morgan fingerprint density at radius 1 is 1.06 bits per heavy atom. The van der Waals surface area contributed by atoms with Crippen LogP contribution in [0.25, 0.3) is 0 Å². The molecule has 0 bridgehead atoms. The monoisotopic (exact) mass is 430 g/mol. The standard InChI is InChI=1S/C26H30N4O2/c1-16(30-23(32)22-25(2,3)26(22,4)28-24(30)27)18-11-8-12-20(13-18)29-15-19(14-21(29)31)17-9-6-5-7-10-17/h5-13,16,19,22H,14-15H2,1-4H3,(H2,27,28)/t16?,19?,22?,26-/m0/s1. The van der Waals surface area contributed by atoms with Gasteiger partial charge >= 0.3 is 0 Å². The van der Waals surface area contributed by atoms with Crippen molar-refractivity contribution in [3.8, 4) is 0 Å². The van der Waals surface area contributed by atoms with E-state index in [1.54, 1.807) is 4.90 Å². The molecule has 1 saturated heterocycles. The molecule has 2 aromatic carbocycles. The summed E-state index contributed by atoms with van der Waals surface area (Å²) in [6.45, 7) is 8.78. The summed E-state index contributed by atoms with van der Waals surface area (Å²) < 4.78 is 0. The van der Waals surface area contributed by atoms with Gasteiger partial charge < -0.3 is 10.6 Å². The van der Waals surface area contributed by atoms with Gasteiger partial charge in [0.25, 0.3) is 0 Å². The number of carbonyl (C=O) groups excluding carboxylic acids is 2. The Labute approximate surface area is 189 Å². The van der Waals surface area contributed by atoms with Crippen LogP contribution < -0.4 is 10.6 Å². The van der Waals surface area contributed by atoms with Crippen molar-refractivity contribution in [2.75, 3.05) is 11.4 Å². The number of rotatable bonds is 4. The Morgan fingerprint density at radius 2 is 1.78 bits per heavy atom. The Hall–Kier alpha value is -3.15. The fourth-order valence-electron chi connectivity index (χ4n) is 5.66. The summed E-state index contributed by atoms with van der Waals surface area (Å²) in [4.78, 5) is 34.3. The fraction of sp³-hybridized carbons (Fsp3) is 0.423. The van der Waals surface area contributed by atoms with Gasteiger partial charge in [-0.15, -0.1) is 0 Å². The second-order valence-corrected chi connectivity index (χ2v) is 10.1. The van der Waals surface area contributed by atoms with Gasteiger partial charge in [0.05, 0.1) is 17.5 Å². The number of fused-ring (bicyclic) bond motifs is 1. The molecule has 166 valence electrons. The van der Waals surface area contributed by atoms with Gasteiger partial charge in [-0.25, -0.2) is 4.99 Å². The van der Waals surface area contributed by atoms with Crippen LogP contribution in [0.15, 0.2) is 59.6 Å². The molecule has 2 aliphatic heterocycles. The average Bonchev–Trinajstić information content (AvgIpc) is 3.02. The van der Waals surface area contributed by atoms with Gasteiger partial charge in [-0.1, -0.05) is 56.3 Å². The highest BCUT2D eigenvalue weighted by Crippen LogP contribution is 2.66. The summed E-state index contributed by atoms with van der Waals surface area (Å²) in [7, 11) is 0. The lowest BCUT2D eigenvalue weighted by Crippen LogP contribution is -2.48. The number of guanidine groups is 1. The minimum Gasteiger partial charge on any atom is -0.369 e. The minimum atomic E-state index is -0.416. The van der Waals surface area contributed by atoms with Crippen molar-refractivity contribution in [3.63, 3.8) is 0 Å². The Balaban J connectivity index is 1.40. The number of carbonyl (C=O) groups is 2. The molecule has 2 amide bonds. The van der Waals surface area contributed by atoms with Crippen molar-refractivity contribution < 1.29 is 9.59 Å². The predicted octanol–water partition coefficient (Wildman–Crippen LogP) is 3.84. The van der Waals surface area contributed by atoms with E-state index in [2.05, 4.69) is 26.0 Å². The number of nitrogens with two attached hydrogens (primary N) is 1. The maximum Gasteiger partial charge on any atom is 0.236 e. The quantitative estimate of drug-likeness (QED) is 0.800. The molecule has 6 heteroatoms. The molecule has 2 N–H and O–H groups in total. The smallest absolute Gasteiger partial charge is 0.236 e. The molecule has 0 aromatic heterocycles. The average molecular weight is 431 g/mol. The molecule has 5 rings (SSSR count). The maximum absolute atomic E-state index is 13.3. The molecule has 2 aromatic rings. The SMILES string of the molecule is CC(c1cccc(N2CC(c3ccccc3)CC2=O)c1)N1C(=O)C2C(C)(C)[C@@]2(C)N=C1N. The normalized spacial score (nSPS) is 29.6. The first-order chi connectivity index (χ1) is 15.1. The highest BCUT2D eigenvalue weighted by Gasteiger charge is 2.75. The van der Waals surface area contributed by atoms with E-state index in [1.807, 2.05) is 61.2 Å². The van der Waals surface area contributed by atoms with Crippen molar-refractivity contribution in [2.24, 2.45) is 22.1 Å². The molecule has 6 nitrogen and oxygen atoms in total. The zero-order chi connectivity index (χ0) is 22.8. The van der Waals surface area contributed by atoms with E-state index < -0.39 is 5.54 Å². The minimum absolute atomic E-state index is 0.0318. The lowest BCUT2D eigenvalue weighted by molar-refractivity contribution is -0.131. The first-order valence-corrected chi connectivity index (χ1v) is 11.3. The van der Waals surface area contributed by atoms with Gasteiger partial charge in [-0.2, -0.15) is 0 Å². The first-order valence-electron chi connectivity index (χ1n) is 11.3. The van der Waals surface area contributed by atoms with Crippen molar-refractivity contribution >= 4 is 23.5 Å². The van der Waals surface area contributed by atoms with Crippen molar-refractivity contribution in [1.29, 1.82) is 0 Å². The summed E-state index contributed by atoms with van der Waals surface area (Å²) >= 11 is 0. The van der Waals surface area contributed by atoms with Crippen LogP contribution in [0, 0.1) is 11.3 Å². The molecule has 1 saturated carbocycles. The predicted molar refractivity (Wildman–Crippen MR) is 125 cm³/mol. The van der Waals surface area contributed by atoms with Gasteiger partial charge in [0.15, 0.2) is 5.96 Å². The van der Waals surface area contributed by atoms with E-state index in [4.69, 9.17) is 10.7 Å². The Kier molecular flexibility index (Phi) is 4.49. The molecule has 3 aliphatic rings. The number of nitrogens with zero attached hydrogens (tertiary/aromatic N) is 3. The van der Waals surface area contributed by atoms with Crippen LogP contribution in [0.2, 0.25) is 0 Å². The summed E-state index contributed by atoms with van der Waals surface area (Å²) in [5.74, 6) is 0.461. The number of benzene rings is 2. The number of anilines is 1. The highest BCUT2D eigenvalue weighted by molar-refractivity contribution is 6.04. The number of hydrogen-bond acceptors (Lipinski definition) is 4. The summed E-state index contributed by atoms with van der Waals surface area (Å²) in [5, 5.41) is 0. The van der Waals surface area contributed by atoms with Crippen molar-refractivity contribution in [2.45, 2.75) is 51.6 Å². The van der Waals surface area contributed by atoms with Crippen LogP contribution in [-0.4, -0.2) is 34.8 Å². The molecule has 2 fully saturated rings. The molecule has 32 heavy (non-hydrogen) atoms. The van der Waals surface area contributed by atoms with Gasteiger partial charge in [0, 0.05) is 30.0 Å². The Morgan fingerprint density at radius 3 is 2.50 bits per heavy atom. The van der Waals surface area contributed by atoms with Crippen molar-refractivity contribution in [3.05, 3.63) is 65.7 Å². The Bertz CT molecular complexity index is 1130. The van der Waals surface area contributed by atoms with Crippen LogP contribution in [-0.2, 0) is 9.59 Å². The molecule has 1 aliphatic carbocycles. The van der Waals surface area contributed by atoms with Crippen molar-refractivity contribution in [1.82, 2.24) is 4.90 Å². The third kappa shape index (κ3) is 2.89. The molecule has 0 radical (unpaired) electrons. The molecule has 0 spiro atoms. The summed E-state index contributed by atoms with van der Waals surface area (Å²) in [5.41, 5.74) is 8.65. The topological polar surface area (TPSA) is 79.0 Å². The van der Waals surface area contributed by atoms with Gasteiger partial charge in [0.2, 0.25) is 11.8 Å². The van der Waals surface area contributed by atoms with Crippen LogP contribution in [0.3, 0.4) is 0 Å². The van der Waals surface area contributed by atoms with Gasteiger partial charge in [-0.3, -0.25) is 14.5 Å². The van der Waals surface area contributed by atoms with Crippen LogP contribution in [0.1, 0.15) is 57.2 Å². The van der Waals surface area contributed by atoms with E-state index in [-0.39, 0.29) is 41.1 Å². The zero-order valence-corrected chi connectivity index (χ0v) is 19.1. The van der Waals surface area contributed by atoms with Crippen LogP contribution in [0.4, 0.5) is 5.69 Å². The number of aliphatic imine (C=N–C) groups is 1. The molecule has 3 unspecified atom stereocenters. The fourth-order valence-corrected chi connectivity index (χ4v) is 5.66. The largest absolute Gasteiger partial charge is 0.369 e. The zero-order valence-electron chi connectivity index (χ0n) is 19.1. The third-order valence-corrected chi connectivity index (χ3v) is 8.03. The van der Waals surface area contributed by atoms with E-state index in [0.29, 0.717) is 13.0 Å². The van der Waals surface area contributed by atoms with Crippen LogP contribution >= 0.6 is 0 Å². The maximum atomic E-state index is 13.3. The van der Waals surface area contributed by atoms with E-state index >= 15 is 0 Å². The molecular formula is C26H30N4O2. The molecule has 2 heterocycles. The highest BCUT2D eigenvalue weighted by atomic mass is 16.2. The lowest BCUT2D eigenvalue weighted by Gasteiger charge is -2.32. The second-order valence-electron chi connectivity index (χ2n) is 10.1. The van der Waals surface area contributed by atoms with Gasteiger partial charge in [-0.05, 0) is 37.1 Å². The van der Waals surface area contributed by atoms with E-state index in [0.717, 1.165) is 11.3 Å². The molecule has 4 atom stereocenters. The molecular weight excluding hydrogens is 400 g/mol. The third-order valence-electron chi connectivity index (χ3n) is 8.03. The lowest BCUT2D eigenvalue weighted by atomic mass is 9.98. The second kappa shape index (κ2) is 6.92. The van der Waals surface area contributed by atoms with E-state index in [9.17, 15) is 9.59 Å². The summed E-state index contributed by atoms with van der Waals surface area (Å²) in [6, 6.07) is 17.8. The van der Waals surface area contributed by atoms with Gasteiger partial charge in [0.1, 0.15) is 0 Å². The number of amides is 2. The number of hydrogen-bond donors (Lipinski definition) is 1. The van der Waals surface area contributed by atoms with Crippen LogP contribution in [0.5, 0.6) is 0 Å². The van der Waals surface area contributed by atoms with E-state index in [1.165, 1.54) is 5.56 Å². The summed E-state index contributed by atoms with van der Waals surface area (Å²) in [6.07, 6.45) is 0.503.